The van der Waals surface area contributed by atoms with E-state index >= 15 is 0 Å². The maximum atomic E-state index is 13.6. The van der Waals surface area contributed by atoms with Crippen LogP contribution in [-0.2, 0) is 0 Å². The number of nitrogens with one attached hydrogen (secondary N) is 1. The average Bonchev–Trinajstić information content (AvgIpc) is 2.53. The van der Waals surface area contributed by atoms with Gasteiger partial charge in [-0.25, -0.2) is 9.37 Å². The number of hydrogen-bond acceptors (Lipinski definition) is 5. The van der Waals surface area contributed by atoms with Gasteiger partial charge >= 0.3 is 0 Å². The van der Waals surface area contributed by atoms with E-state index in [0.29, 0.717) is 16.9 Å². The van der Waals surface area contributed by atoms with Crippen LogP contribution in [0.3, 0.4) is 0 Å². The number of phenolic OH excluding ortho intramolecular Hbond substituents is 1. The van der Waals surface area contributed by atoms with Crippen molar-refractivity contribution in [3.8, 4) is 17.0 Å². The molecule has 6 N–H and O–H groups in total. The fourth-order valence-corrected chi connectivity index (χ4v) is 2.91. The Hall–Kier alpha value is -2.34. The molecule has 1 aliphatic heterocycles. The predicted octanol–water partition coefficient (Wildman–Crippen LogP) is 2.22. The lowest BCUT2D eigenvalue weighted by Crippen LogP contribution is -2.29. The quantitative estimate of drug-likeness (QED) is 0.682. The molecule has 1 atom stereocenters. The van der Waals surface area contributed by atoms with Crippen LogP contribution in [0, 0.1) is 5.82 Å². The minimum Gasteiger partial charge on any atom is -0.504 e. The molecule has 0 aliphatic carbocycles. The van der Waals surface area contributed by atoms with Gasteiger partial charge in [-0.2, -0.15) is 0 Å². The van der Waals surface area contributed by atoms with E-state index in [-0.39, 0.29) is 11.7 Å². The Morgan fingerprint density at radius 2 is 2.14 bits per heavy atom. The van der Waals surface area contributed by atoms with Gasteiger partial charge in [-0.05, 0) is 49.1 Å². The number of hydrogen-bond donors (Lipinski definition) is 4. The molecule has 3 rings (SSSR count). The lowest BCUT2D eigenvalue weighted by molar-refractivity contribution is 0.434. The van der Waals surface area contributed by atoms with Crippen molar-refractivity contribution in [3.63, 3.8) is 0 Å². The van der Waals surface area contributed by atoms with Gasteiger partial charge in [-0.3, -0.25) is 0 Å². The molecule has 0 amide bonds. The normalized spacial score (nSPS) is 18.3. The molecule has 22 heavy (non-hydrogen) atoms. The topological polar surface area (TPSA) is 97.2 Å². The second-order valence-electron chi connectivity index (χ2n) is 5.57. The first-order valence-corrected chi connectivity index (χ1v) is 7.32. The number of aromatic nitrogens is 1. The minimum atomic E-state index is -0.685. The standard InChI is InChI=1S/C16H19FN4O/c17-12-5-1-4-10(15(12)22)13-7-11(14(18)16(19)21-13)9-3-2-6-20-8-9/h1,4-5,7,9,20,22H,2-3,6,8,18H2,(H2,19,21). The Kier molecular flexibility index (Phi) is 3.85. The monoisotopic (exact) mass is 302 g/mol. The Labute approximate surface area is 128 Å². The van der Waals surface area contributed by atoms with Crippen LogP contribution in [-0.4, -0.2) is 23.2 Å². The number of halogens is 1. The van der Waals surface area contributed by atoms with Gasteiger partial charge in [0.1, 0.15) is 5.82 Å². The summed E-state index contributed by atoms with van der Waals surface area (Å²) in [5.41, 5.74) is 14.1. The molecular formula is C16H19FN4O. The summed E-state index contributed by atoms with van der Waals surface area (Å²) in [6, 6.07) is 6.14. The molecule has 2 heterocycles. The first-order chi connectivity index (χ1) is 10.6. The number of pyridine rings is 1. The molecule has 0 radical (unpaired) electrons. The van der Waals surface area contributed by atoms with Crippen molar-refractivity contribution in [2.75, 3.05) is 24.6 Å². The van der Waals surface area contributed by atoms with Crippen LogP contribution in [0.25, 0.3) is 11.3 Å². The SMILES string of the molecule is Nc1nc(-c2cccc(F)c2O)cc(C2CCCNC2)c1N. The fourth-order valence-electron chi connectivity index (χ4n) is 2.91. The second-order valence-corrected chi connectivity index (χ2v) is 5.57. The Balaban J connectivity index is 2.09. The van der Waals surface area contributed by atoms with E-state index in [1.54, 1.807) is 12.1 Å². The number of nitrogens with zero attached hydrogens (tertiary/aromatic N) is 1. The van der Waals surface area contributed by atoms with E-state index in [1.165, 1.54) is 12.1 Å². The molecule has 2 aromatic rings. The summed E-state index contributed by atoms with van der Waals surface area (Å²) in [5, 5.41) is 13.2. The summed E-state index contributed by atoms with van der Waals surface area (Å²) in [4.78, 5) is 4.21. The summed E-state index contributed by atoms with van der Waals surface area (Å²) in [5.74, 6) is -0.655. The molecule has 116 valence electrons. The number of rotatable bonds is 2. The summed E-state index contributed by atoms with van der Waals surface area (Å²) in [6.07, 6.45) is 2.07. The van der Waals surface area contributed by atoms with Crippen LogP contribution in [0.4, 0.5) is 15.9 Å². The number of benzene rings is 1. The second kappa shape index (κ2) is 5.81. The van der Waals surface area contributed by atoms with Crippen LogP contribution < -0.4 is 16.8 Å². The Morgan fingerprint density at radius 3 is 2.86 bits per heavy atom. The first-order valence-electron chi connectivity index (χ1n) is 7.32. The Morgan fingerprint density at radius 1 is 1.32 bits per heavy atom. The predicted molar refractivity (Wildman–Crippen MR) is 85.0 cm³/mol. The number of anilines is 2. The molecular weight excluding hydrogens is 283 g/mol. The number of nitrogen functional groups attached to an aromatic ring is 2. The van der Waals surface area contributed by atoms with Crippen molar-refractivity contribution >= 4 is 11.5 Å². The van der Waals surface area contributed by atoms with E-state index in [4.69, 9.17) is 11.5 Å². The van der Waals surface area contributed by atoms with Crippen molar-refractivity contribution in [1.82, 2.24) is 10.3 Å². The molecule has 1 aromatic carbocycles. The van der Waals surface area contributed by atoms with Gasteiger partial charge in [0, 0.05) is 12.1 Å². The molecule has 1 fully saturated rings. The van der Waals surface area contributed by atoms with E-state index in [9.17, 15) is 9.50 Å². The number of piperidine rings is 1. The zero-order valence-corrected chi connectivity index (χ0v) is 12.1. The van der Waals surface area contributed by atoms with Crippen LogP contribution >= 0.6 is 0 Å². The number of para-hydroxylation sites is 1. The van der Waals surface area contributed by atoms with Gasteiger partial charge in [0.05, 0.1) is 11.4 Å². The number of aromatic hydroxyl groups is 1. The van der Waals surface area contributed by atoms with E-state index in [1.807, 2.05) is 0 Å². The van der Waals surface area contributed by atoms with Crippen molar-refractivity contribution in [2.24, 2.45) is 0 Å². The molecule has 1 saturated heterocycles. The third-order valence-corrected chi connectivity index (χ3v) is 4.12. The lowest BCUT2D eigenvalue weighted by Gasteiger charge is -2.25. The van der Waals surface area contributed by atoms with E-state index in [0.717, 1.165) is 31.5 Å². The van der Waals surface area contributed by atoms with Gasteiger partial charge in [-0.15, -0.1) is 0 Å². The smallest absolute Gasteiger partial charge is 0.165 e. The lowest BCUT2D eigenvalue weighted by atomic mass is 9.90. The van der Waals surface area contributed by atoms with Crippen molar-refractivity contribution in [3.05, 3.63) is 35.6 Å². The summed E-state index contributed by atoms with van der Waals surface area (Å²) in [6.45, 7) is 1.82. The fraction of sp³-hybridized carbons (Fsp3) is 0.312. The zero-order valence-electron chi connectivity index (χ0n) is 12.1. The van der Waals surface area contributed by atoms with Crippen LogP contribution in [0.15, 0.2) is 24.3 Å². The summed E-state index contributed by atoms with van der Waals surface area (Å²) >= 11 is 0. The molecule has 0 bridgehead atoms. The van der Waals surface area contributed by atoms with E-state index in [2.05, 4.69) is 10.3 Å². The first kappa shape index (κ1) is 14.6. The molecule has 0 spiro atoms. The molecule has 5 nitrogen and oxygen atoms in total. The van der Waals surface area contributed by atoms with Crippen LogP contribution in [0.5, 0.6) is 5.75 Å². The molecule has 1 aliphatic rings. The van der Waals surface area contributed by atoms with E-state index < -0.39 is 11.6 Å². The summed E-state index contributed by atoms with van der Waals surface area (Å²) < 4.78 is 13.6. The molecule has 6 heteroatoms. The van der Waals surface area contributed by atoms with Gasteiger partial charge in [0.2, 0.25) is 0 Å². The maximum absolute atomic E-state index is 13.6. The van der Waals surface area contributed by atoms with Crippen LogP contribution in [0.2, 0.25) is 0 Å². The average molecular weight is 302 g/mol. The third-order valence-electron chi connectivity index (χ3n) is 4.12. The molecule has 0 saturated carbocycles. The van der Waals surface area contributed by atoms with Crippen LogP contribution in [0.1, 0.15) is 24.3 Å². The largest absolute Gasteiger partial charge is 0.504 e. The van der Waals surface area contributed by atoms with Gasteiger partial charge in [0.25, 0.3) is 0 Å². The highest BCUT2D eigenvalue weighted by Crippen LogP contribution is 2.36. The third kappa shape index (κ3) is 2.57. The highest BCUT2D eigenvalue weighted by molar-refractivity contribution is 5.75. The highest BCUT2D eigenvalue weighted by Gasteiger charge is 2.21. The number of nitrogens with two attached hydrogens (primary N) is 2. The molecule has 1 aromatic heterocycles. The van der Waals surface area contributed by atoms with Gasteiger partial charge < -0.3 is 21.9 Å². The van der Waals surface area contributed by atoms with Crippen molar-refractivity contribution < 1.29 is 9.50 Å². The van der Waals surface area contributed by atoms with Gasteiger partial charge in [-0.1, -0.05) is 6.07 Å². The van der Waals surface area contributed by atoms with Crippen molar-refractivity contribution in [2.45, 2.75) is 18.8 Å². The number of phenols is 1. The molecule has 1 unspecified atom stereocenters. The maximum Gasteiger partial charge on any atom is 0.165 e. The van der Waals surface area contributed by atoms with Gasteiger partial charge in [0.15, 0.2) is 11.6 Å². The Bertz CT molecular complexity index is 699. The highest BCUT2D eigenvalue weighted by atomic mass is 19.1. The van der Waals surface area contributed by atoms with Crippen molar-refractivity contribution in [1.29, 1.82) is 0 Å². The summed E-state index contributed by atoms with van der Waals surface area (Å²) in [7, 11) is 0. The minimum absolute atomic E-state index is 0.210. The zero-order chi connectivity index (χ0) is 15.7.